The summed E-state index contributed by atoms with van der Waals surface area (Å²) in [6.07, 6.45) is -2.87. The average molecular weight is 456 g/mol. The van der Waals surface area contributed by atoms with Crippen LogP contribution in [-0.2, 0) is 10.9 Å². The zero-order valence-electron chi connectivity index (χ0n) is 16.5. The number of anilines is 1. The van der Waals surface area contributed by atoms with Crippen LogP contribution in [0, 0.1) is 17.6 Å². The van der Waals surface area contributed by atoms with Crippen LogP contribution in [0.4, 0.5) is 27.6 Å². The molecule has 2 atom stereocenters. The molecule has 170 valence electrons. The third kappa shape index (κ3) is 4.17. The molecule has 3 N–H and O–H groups in total. The van der Waals surface area contributed by atoms with E-state index in [1.807, 2.05) is 0 Å². The van der Waals surface area contributed by atoms with Crippen molar-refractivity contribution < 1.29 is 36.5 Å². The Labute approximate surface area is 177 Å². The van der Waals surface area contributed by atoms with E-state index in [0.29, 0.717) is 6.20 Å². The Balaban J connectivity index is 1.62. The van der Waals surface area contributed by atoms with Gasteiger partial charge in [-0.05, 0) is 13.0 Å². The van der Waals surface area contributed by atoms with Crippen LogP contribution in [0.2, 0.25) is 0 Å². The summed E-state index contributed by atoms with van der Waals surface area (Å²) >= 11 is 0. The fourth-order valence-electron chi connectivity index (χ4n) is 3.22. The minimum absolute atomic E-state index is 0.0210. The van der Waals surface area contributed by atoms with E-state index in [1.165, 1.54) is 0 Å². The molecule has 0 bridgehead atoms. The zero-order chi connectivity index (χ0) is 23.0. The van der Waals surface area contributed by atoms with E-state index in [4.69, 9.17) is 9.47 Å². The van der Waals surface area contributed by atoms with Crippen molar-refractivity contribution in [3.05, 3.63) is 47.8 Å². The van der Waals surface area contributed by atoms with Crippen LogP contribution in [0.1, 0.15) is 12.5 Å². The summed E-state index contributed by atoms with van der Waals surface area (Å²) in [5, 5.41) is 11.4. The van der Waals surface area contributed by atoms with Gasteiger partial charge < -0.3 is 24.9 Å². The Hall–Kier alpha value is -3.41. The van der Waals surface area contributed by atoms with Gasteiger partial charge in [0.05, 0.1) is 30.2 Å². The number of halogens is 5. The number of hydrogen-bond donors (Lipinski definition) is 3. The fraction of sp³-hybridized carbons (Fsp3) is 0.300. The van der Waals surface area contributed by atoms with Gasteiger partial charge in [0.2, 0.25) is 0 Å². The number of hydrogen-bond acceptors (Lipinski definition) is 6. The molecule has 0 amide bonds. The monoisotopic (exact) mass is 456 g/mol. The predicted octanol–water partition coefficient (Wildman–Crippen LogP) is 4.45. The molecule has 32 heavy (non-hydrogen) atoms. The minimum atomic E-state index is -4.73. The number of alkyl halides is 3. The Morgan fingerprint density at radius 2 is 2.00 bits per heavy atom. The van der Waals surface area contributed by atoms with Gasteiger partial charge in [-0.25, -0.2) is 18.8 Å². The lowest BCUT2D eigenvalue weighted by atomic mass is 10.0. The second-order valence-electron chi connectivity index (χ2n) is 7.16. The Morgan fingerprint density at radius 3 is 2.62 bits per heavy atom. The number of pyridine rings is 1. The minimum Gasteiger partial charge on any atom is -0.465 e. The largest absolute Gasteiger partial charge is 0.465 e. The van der Waals surface area contributed by atoms with Crippen LogP contribution < -0.4 is 10.1 Å². The maximum Gasteiger partial charge on any atom is 0.418 e. The molecule has 0 fully saturated rings. The Morgan fingerprint density at radius 1 is 1.28 bits per heavy atom. The highest BCUT2D eigenvalue weighted by Crippen LogP contribution is 2.40. The molecule has 2 aromatic heterocycles. The number of aliphatic hydroxyl groups is 1. The number of ether oxygens (including phenoxy) is 2. The molecule has 3 heterocycles. The van der Waals surface area contributed by atoms with Gasteiger partial charge in [0.25, 0.3) is 6.02 Å². The number of aromatic amines is 1. The summed E-state index contributed by atoms with van der Waals surface area (Å²) in [5.41, 5.74) is -1.26. The molecule has 12 heteroatoms. The maximum absolute atomic E-state index is 14.6. The van der Waals surface area contributed by atoms with Crippen molar-refractivity contribution in [2.45, 2.75) is 19.1 Å². The van der Waals surface area contributed by atoms with Crippen LogP contribution in [0.25, 0.3) is 11.0 Å². The van der Waals surface area contributed by atoms with Crippen LogP contribution in [-0.4, -0.2) is 40.4 Å². The summed E-state index contributed by atoms with van der Waals surface area (Å²) in [5.74, 6) is -3.79. The fourth-order valence-corrected chi connectivity index (χ4v) is 3.22. The first-order chi connectivity index (χ1) is 15.2. The van der Waals surface area contributed by atoms with E-state index < -0.39 is 40.3 Å². The lowest BCUT2D eigenvalue weighted by Crippen LogP contribution is -2.35. The molecule has 3 aromatic rings. The van der Waals surface area contributed by atoms with Crippen LogP contribution in [0.3, 0.4) is 0 Å². The number of benzene rings is 1. The number of aliphatic hydroxyl groups excluding tert-OH is 1. The van der Waals surface area contributed by atoms with Crippen LogP contribution >= 0.6 is 0 Å². The first kappa shape index (κ1) is 21.8. The highest BCUT2D eigenvalue weighted by atomic mass is 19.4. The van der Waals surface area contributed by atoms with Crippen molar-refractivity contribution in [3.63, 3.8) is 0 Å². The molecule has 0 saturated heterocycles. The summed E-state index contributed by atoms with van der Waals surface area (Å²) in [6, 6.07) is 2.63. The lowest BCUT2D eigenvalue weighted by molar-refractivity contribution is -0.136. The smallest absolute Gasteiger partial charge is 0.418 e. The average Bonchev–Trinajstić information content (AvgIpc) is 3.16. The van der Waals surface area contributed by atoms with Crippen molar-refractivity contribution in [2.24, 2.45) is 10.9 Å². The summed E-state index contributed by atoms with van der Waals surface area (Å²) < 4.78 is 79.7. The number of nitrogens with one attached hydrogen (secondary N) is 2. The van der Waals surface area contributed by atoms with Gasteiger partial charge >= 0.3 is 6.18 Å². The van der Waals surface area contributed by atoms with E-state index in [0.717, 1.165) is 24.4 Å². The molecule has 7 nitrogen and oxygen atoms in total. The van der Waals surface area contributed by atoms with E-state index in [-0.39, 0.29) is 42.5 Å². The molecular formula is C20H17F5N4O3. The lowest BCUT2D eigenvalue weighted by Gasteiger charge is -2.26. The second kappa shape index (κ2) is 8.26. The number of rotatable bonds is 4. The number of amidine groups is 1. The highest BCUT2D eigenvalue weighted by molar-refractivity contribution is 5.90. The van der Waals surface area contributed by atoms with Gasteiger partial charge in [0, 0.05) is 36.1 Å². The number of fused-ring (bicyclic) bond motifs is 1. The summed E-state index contributed by atoms with van der Waals surface area (Å²) in [6.45, 7) is 1.81. The Bertz CT molecular complexity index is 1150. The van der Waals surface area contributed by atoms with Gasteiger partial charge in [-0.2, -0.15) is 13.2 Å². The molecule has 1 aliphatic heterocycles. The van der Waals surface area contributed by atoms with E-state index in [2.05, 4.69) is 20.3 Å². The van der Waals surface area contributed by atoms with Crippen molar-refractivity contribution in [2.75, 3.05) is 18.5 Å². The quantitative estimate of drug-likeness (QED) is 0.505. The van der Waals surface area contributed by atoms with E-state index in [1.54, 1.807) is 6.92 Å². The standard InChI is InChI=1S/C20H17F5N4O3/c1-9-10(7-30)8-31-19(28-9)29-11-4-13(21)17(14(22)5-11)32-15-2-3-26-18-16(15)12(6-27-18)20(23,24)25/h2-6,9-10,30H,7-8H2,1H3,(H,26,27)(H,28,29). The van der Waals surface area contributed by atoms with Crippen molar-refractivity contribution >= 4 is 22.7 Å². The molecular weight excluding hydrogens is 439 g/mol. The van der Waals surface area contributed by atoms with E-state index >= 15 is 0 Å². The first-order valence-corrected chi connectivity index (χ1v) is 9.46. The van der Waals surface area contributed by atoms with Gasteiger partial charge in [-0.3, -0.25) is 0 Å². The summed E-state index contributed by atoms with van der Waals surface area (Å²) in [4.78, 5) is 10.3. The number of aliphatic imine (C=N–C) groups is 1. The number of H-pyrrole nitrogens is 1. The second-order valence-corrected chi connectivity index (χ2v) is 7.16. The number of aromatic nitrogens is 2. The van der Waals surface area contributed by atoms with Gasteiger partial charge in [0.15, 0.2) is 17.4 Å². The van der Waals surface area contributed by atoms with Gasteiger partial charge in [-0.15, -0.1) is 0 Å². The third-order valence-electron chi connectivity index (χ3n) is 4.97. The maximum atomic E-state index is 14.6. The van der Waals surface area contributed by atoms with Crippen molar-refractivity contribution in [1.29, 1.82) is 0 Å². The topological polar surface area (TPSA) is 91.8 Å². The van der Waals surface area contributed by atoms with Crippen molar-refractivity contribution in [3.8, 4) is 11.5 Å². The molecule has 4 rings (SSSR count). The third-order valence-corrected chi connectivity index (χ3v) is 4.97. The van der Waals surface area contributed by atoms with Crippen LogP contribution in [0.5, 0.6) is 11.5 Å². The molecule has 1 aromatic carbocycles. The van der Waals surface area contributed by atoms with Gasteiger partial charge in [-0.1, -0.05) is 0 Å². The molecule has 0 aliphatic carbocycles. The molecule has 0 saturated carbocycles. The molecule has 1 aliphatic rings. The van der Waals surface area contributed by atoms with Crippen LogP contribution in [0.15, 0.2) is 35.6 Å². The van der Waals surface area contributed by atoms with Crippen molar-refractivity contribution in [1.82, 2.24) is 9.97 Å². The molecule has 2 unspecified atom stereocenters. The molecule has 0 radical (unpaired) electrons. The Kier molecular flexibility index (Phi) is 5.63. The van der Waals surface area contributed by atoms with Gasteiger partial charge in [0.1, 0.15) is 11.4 Å². The highest BCUT2D eigenvalue weighted by Gasteiger charge is 2.35. The normalized spacial score (nSPS) is 18.9. The predicted molar refractivity (Wildman–Crippen MR) is 105 cm³/mol. The van der Waals surface area contributed by atoms with E-state index in [9.17, 15) is 27.1 Å². The SMILES string of the molecule is CC1N=C(Nc2cc(F)c(Oc3ccnc4[nH]cc(C(F)(F)F)c34)c(F)c2)OCC1CO. The molecule has 0 spiro atoms. The zero-order valence-corrected chi connectivity index (χ0v) is 16.5. The first-order valence-electron chi connectivity index (χ1n) is 9.46. The summed E-state index contributed by atoms with van der Waals surface area (Å²) in [7, 11) is 0. The number of nitrogens with zero attached hydrogens (tertiary/aromatic N) is 2.